The molecule has 6 nitrogen and oxygen atoms in total. The largest absolute Gasteiger partial charge is 0.288 e. The third kappa shape index (κ3) is 4.35. The standard InChI is InChI=1S/C18H22ClN3O3S/c1-13(2)22(4)26(24,25)15-10-11-17(19)16(12-15)18(23)20-21(3)14-8-6-5-7-9-14/h5-13H,1-4H3,(H,20,23). The fourth-order valence-electron chi connectivity index (χ4n) is 2.21. The van der Waals surface area contributed by atoms with E-state index in [1.165, 1.54) is 29.6 Å². The zero-order chi connectivity index (χ0) is 19.5. The van der Waals surface area contributed by atoms with E-state index in [1.807, 2.05) is 30.3 Å². The predicted octanol–water partition coefficient (Wildman–Crippen LogP) is 3.15. The van der Waals surface area contributed by atoms with Crippen LogP contribution in [0.5, 0.6) is 0 Å². The van der Waals surface area contributed by atoms with Crippen LogP contribution in [0.1, 0.15) is 24.2 Å². The predicted molar refractivity (Wildman–Crippen MR) is 104 cm³/mol. The molecule has 0 bridgehead atoms. The average Bonchev–Trinajstić information content (AvgIpc) is 2.61. The van der Waals surface area contributed by atoms with Crippen LogP contribution in [-0.4, -0.2) is 38.8 Å². The molecule has 0 saturated carbocycles. The van der Waals surface area contributed by atoms with Crippen LogP contribution in [0.3, 0.4) is 0 Å². The van der Waals surface area contributed by atoms with Gasteiger partial charge < -0.3 is 0 Å². The molecule has 0 saturated heterocycles. The van der Waals surface area contributed by atoms with E-state index in [4.69, 9.17) is 11.6 Å². The Bertz CT molecular complexity index is 886. The van der Waals surface area contributed by atoms with E-state index in [0.717, 1.165) is 5.69 Å². The topological polar surface area (TPSA) is 69.7 Å². The lowest BCUT2D eigenvalue weighted by atomic mass is 10.2. The number of nitrogens with one attached hydrogen (secondary N) is 1. The molecule has 0 aliphatic rings. The highest BCUT2D eigenvalue weighted by Crippen LogP contribution is 2.23. The van der Waals surface area contributed by atoms with Crippen molar-refractivity contribution in [2.45, 2.75) is 24.8 Å². The molecule has 140 valence electrons. The van der Waals surface area contributed by atoms with Crippen molar-refractivity contribution < 1.29 is 13.2 Å². The van der Waals surface area contributed by atoms with Gasteiger partial charge in [0.05, 0.1) is 21.2 Å². The molecule has 1 amide bonds. The summed E-state index contributed by atoms with van der Waals surface area (Å²) < 4.78 is 26.5. The number of sulfonamides is 1. The Morgan fingerprint density at radius 2 is 1.69 bits per heavy atom. The molecule has 0 aromatic heterocycles. The van der Waals surface area contributed by atoms with Crippen LogP contribution < -0.4 is 10.4 Å². The zero-order valence-electron chi connectivity index (χ0n) is 15.1. The molecule has 0 aliphatic carbocycles. The Labute approximate surface area is 159 Å². The first kappa shape index (κ1) is 20.2. The SMILES string of the molecule is CC(C)N(C)S(=O)(=O)c1ccc(Cl)c(C(=O)NN(C)c2ccccc2)c1. The molecule has 26 heavy (non-hydrogen) atoms. The van der Waals surface area contributed by atoms with Crippen molar-refractivity contribution in [2.75, 3.05) is 19.1 Å². The molecule has 2 rings (SSSR count). The van der Waals surface area contributed by atoms with Gasteiger partial charge in [0.1, 0.15) is 0 Å². The van der Waals surface area contributed by atoms with Crippen LogP contribution in [0.15, 0.2) is 53.4 Å². The molecule has 0 atom stereocenters. The second-order valence-corrected chi connectivity index (χ2v) is 8.50. The first-order valence-corrected chi connectivity index (χ1v) is 9.83. The van der Waals surface area contributed by atoms with Crippen LogP contribution >= 0.6 is 11.6 Å². The third-order valence-electron chi connectivity index (χ3n) is 4.00. The molecule has 0 aliphatic heterocycles. The highest BCUT2D eigenvalue weighted by Gasteiger charge is 2.25. The number of para-hydroxylation sites is 1. The smallest absolute Gasteiger partial charge is 0.271 e. The summed E-state index contributed by atoms with van der Waals surface area (Å²) in [5.74, 6) is -0.495. The number of halogens is 1. The fraction of sp³-hybridized carbons (Fsp3) is 0.278. The summed E-state index contributed by atoms with van der Waals surface area (Å²) in [6.07, 6.45) is 0. The molecular formula is C18H22ClN3O3S. The van der Waals surface area contributed by atoms with E-state index in [-0.39, 0.29) is 21.5 Å². The van der Waals surface area contributed by atoms with Crippen LogP contribution in [0.25, 0.3) is 0 Å². The lowest BCUT2D eigenvalue weighted by Gasteiger charge is -2.22. The maximum atomic E-state index is 12.6. The molecule has 0 spiro atoms. The minimum Gasteiger partial charge on any atom is -0.288 e. The van der Waals surface area contributed by atoms with Gasteiger partial charge in [-0.15, -0.1) is 0 Å². The minimum absolute atomic E-state index is 0.0191. The van der Waals surface area contributed by atoms with Gasteiger partial charge in [-0.3, -0.25) is 15.2 Å². The van der Waals surface area contributed by atoms with Crippen molar-refractivity contribution in [1.82, 2.24) is 9.73 Å². The molecule has 8 heteroatoms. The number of carbonyl (C=O) groups excluding carboxylic acids is 1. The zero-order valence-corrected chi connectivity index (χ0v) is 16.7. The van der Waals surface area contributed by atoms with Gasteiger partial charge in [-0.25, -0.2) is 8.42 Å². The summed E-state index contributed by atoms with van der Waals surface area (Å²) in [6, 6.07) is 13.1. The molecule has 0 radical (unpaired) electrons. The number of rotatable bonds is 6. The van der Waals surface area contributed by atoms with Gasteiger partial charge in [0, 0.05) is 20.1 Å². The number of hydrogen-bond donors (Lipinski definition) is 1. The summed E-state index contributed by atoms with van der Waals surface area (Å²) in [6.45, 7) is 3.55. The van der Waals surface area contributed by atoms with Crippen molar-refractivity contribution in [1.29, 1.82) is 0 Å². The van der Waals surface area contributed by atoms with Gasteiger partial charge in [-0.1, -0.05) is 29.8 Å². The summed E-state index contributed by atoms with van der Waals surface area (Å²) in [7, 11) is -0.524. The van der Waals surface area contributed by atoms with Crippen molar-refractivity contribution in [3.63, 3.8) is 0 Å². The second-order valence-electron chi connectivity index (χ2n) is 6.09. The molecule has 2 aromatic carbocycles. The van der Waals surface area contributed by atoms with E-state index in [9.17, 15) is 13.2 Å². The summed E-state index contributed by atoms with van der Waals surface area (Å²) in [5, 5.41) is 1.72. The van der Waals surface area contributed by atoms with Gasteiger partial charge in [-0.05, 0) is 44.2 Å². The number of hydrazine groups is 1. The van der Waals surface area contributed by atoms with E-state index in [1.54, 1.807) is 25.9 Å². The highest BCUT2D eigenvalue weighted by molar-refractivity contribution is 7.89. The van der Waals surface area contributed by atoms with Gasteiger partial charge in [-0.2, -0.15) is 4.31 Å². The van der Waals surface area contributed by atoms with Crippen LogP contribution in [-0.2, 0) is 10.0 Å². The Hall–Kier alpha value is -2.09. The van der Waals surface area contributed by atoms with Crippen LogP contribution in [0.2, 0.25) is 5.02 Å². The fourth-order valence-corrected chi connectivity index (χ4v) is 3.81. The van der Waals surface area contributed by atoms with Crippen LogP contribution in [0, 0.1) is 0 Å². The third-order valence-corrected chi connectivity index (χ3v) is 6.36. The normalized spacial score (nSPS) is 11.7. The molecule has 0 heterocycles. The maximum Gasteiger partial charge on any atom is 0.271 e. The Morgan fingerprint density at radius 1 is 1.08 bits per heavy atom. The lowest BCUT2D eigenvalue weighted by molar-refractivity contribution is 0.0951. The quantitative estimate of drug-likeness (QED) is 0.763. The van der Waals surface area contributed by atoms with E-state index < -0.39 is 15.9 Å². The first-order chi connectivity index (χ1) is 12.1. The second kappa shape index (κ2) is 8.07. The Kier molecular flexibility index (Phi) is 6.28. The van der Waals surface area contributed by atoms with Gasteiger partial charge >= 0.3 is 0 Å². The van der Waals surface area contributed by atoms with Crippen molar-refractivity contribution in [3.05, 3.63) is 59.1 Å². The van der Waals surface area contributed by atoms with E-state index >= 15 is 0 Å². The van der Waals surface area contributed by atoms with Crippen LogP contribution in [0.4, 0.5) is 5.69 Å². The average molecular weight is 396 g/mol. The highest BCUT2D eigenvalue weighted by atomic mass is 35.5. The lowest BCUT2D eigenvalue weighted by Crippen LogP contribution is -2.39. The Morgan fingerprint density at radius 3 is 2.27 bits per heavy atom. The van der Waals surface area contributed by atoms with Gasteiger partial charge in [0.15, 0.2) is 0 Å². The summed E-state index contributed by atoms with van der Waals surface area (Å²) in [4.78, 5) is 12.6. The number of nitrogens with zero attached hydrogens (tertiary/aromatic N) is 2. The maximum absolute atomic E-state index is 12.6. The number of hydrogen-bond acceptors (Lipinski definition) is 4. The molecule has 2 aromatic rings. The summed E-state index contributed by atoms with van der Waals surface area (Å²) in [5.41, 5.74) is 3.55. The molecule has 0 unspecified atom stereocenters. The Balaban J connectivity index is 2.31. The first-order valence-electron chi connectivity index (χ1n) is 8.02. The summed E-state index contributed by atoms with van der Waals surface area (Å²) >= 11 is 6.12. The van der Waals surface area contributed by atoms with E-state index in [2.05, 4.69) is 5.43 Å². The molecule has 1 N–H and O–H groups in total. The molecular weight excluding hydrogens is 374 g/mol. The van der Waals surface area contributed by atoms with Gasteiger partial charge in [0.25, 0.3) is 5.91 Å². The number of carbonyl (C=O) groups is 1. The monoisotopic (exact) mass is 395 g/mol. The van der Waals surface area contributed by atoms with Gasteiger partial charge in [0.2, 0.25) is 10.0 Å². The number of benzene rings is 2. The molecule has 0 fully saturated rings. The van der Waals surface area contributed by atoms with E-state index in [0.29, 0.717) is 0 Å². The number of anilines is 1. The van der Waals surface area contributed by atoms with Crippen molar-refractivity contribution in [2.24, 2.45) is 0 Å². The van der Waals surface area contributed by atoms with Crippen molar-refractivity contribution in [3.8, 4) is 0 Å². The van der Waals surface area contributed by atoms with Crippen molar-refractivity contribution >= 4 is 33.2 Å². The minimum atomic E-state index is -3.71. The number of amides is 1.